The molecular weight excluding hydrogens is 1050 g/mol. The molecule has 82 heavy (non-hydrogen) atoms. The summed E-state index contributed by atoms with van der Waals surface area (Å²) in [6.45, 7) is 26.1. The summed E-state index contributed by atoms with van der Waals surface area (Å²) >= 11 is 0. The zero-order valence-corrected chi connectivity index (χ0v) is 52.2. The van der Waals surface area contributed by atoms with Gasteiger partial charge in [-0.05, 0) is 61.8 Å². The molecule has 1 aromatic rings. The van der Waals surface area contributed by atoms with Crippen LogP contribution in [0.2, 0.25) is 0 Å². The molecule has 13 atom stereocenters. The van der Waals surface area contributed by atoms with Crippen molar-refractivity contribution in [3.05, 3.63) is 115 Å². The molecule has 16 nitrogen and oxygen atoms in total. The van der Waals surface area contributed by atoms with Crippen molar-refractivity contribution in [2.45, 2.75) is 235 Å². The van der Waals surface area contributed by atoms with Gasteiger partial charge in [-0.2, -0.15) is 0 Å². The Kier molecular flexibility index (Phi) is 48.7. The van der Waals surface area contributed by atoms with Crippen LogP contribution in [0, 0.1) is 23.7 Å². The van der Waals surface area contributed by atoms with Crippen molar-refractivity contribution in [1.29, 1.82) is 0 Å². The van der Waals surface area contributed by atoms with Gasteiger partial charge in [0.2, 0.25) is 0 Å². The van der Waals surface area contributed by atoms with E-state index < -0.39 is 103 Å². The van der Waals surface area contributed by atoms with E-state index in [1.54, 1.807) is 54.6 Å². The molecule has 2 heterocycles. The van der Waals surface area contributed by atoms with Crippen molar-refractivity contribution in [2.24, 2.45) is 23.7 Å². The summed E-state index contributed by atoms with van der Waals surface area (Å²) < 4.78 is 17.3. The summed E-state index contributed by atoms with van der Waals surface area (Å²) in [6, 6.07) is 6.47. The summed E-state index contributed by atoms with van der Waals surface area (Å²) in [6.07, 6.45) is 16.0. The smallest absolute Gasteiger partial charge is 0.313 e. The number of anilines is 1. The van der Waals surface area contributed by atoms with E-state index in [1.807, 2.05) is 117 Å². The second kappa shape index (κ2) is 49.3. The molecule has 9 N–H and O–H groups in total. The van der Waals surface area contributed by atoms with Crippen molar-refractivity contribution in [3.8, 4) is 0 Å². The van der Waals surface area contributed by atoms with Crippen LogP contribution in [0.15, 0.2) is 109 Å². The lowest BCUT2D eigenvalue weighted by molar-refractivity contribution is -0.300. The fourth-order valence-electron chi connectivity index (χ4n) is 8.76. The van der Waals surface area contributed by atoms with Crippen LogP contribution in [0.25, 0.3) is 0 Å². The fourth-order valence-corrected chi connectivity index (χ4v) is 8.76. The van der Waals surface area contributed by atoms with Gasteiger partial charge in [0, 0.05) is 69.2 Å². The number of nitrogens with two attached hydrogens (primary N) is 1. The number of aliphatic hydroxyl groups is 6. The number of carboxylic acids is 1. The van der Waals surface area contributed by atoms with Crippen molar-refractivity contribution in [3.63, 3.8) is 0 Å². The molecule has 0 aliphatic carbocycles. The molecule has 0 saturated carbocycles. The minimum Gasteiger partial charge on any atom is -0.481 e. The molecule has 2 bridgehead atoms. The average molecular weight is 1160 g/mol. The predicted molar refractivity (Wildman–Crippen MR) is 330 cm³/mol. The molecule has 0 aromatic heterocycles. The van der Waals surface area contributed by atoms with Crippen LogP contribution in [0.4, 0.5) is 5.69 Å². The van der Waals surface area contributed by atoms with Gasteiger partial charge < -0.3 is 55.7 Å². The first kappa shape index (κ1) is 81.0. The van der Waals surface area contributed by atoms with Gasteiger partial charge in [-0.1, -0.05) is 188 Å². The standard InChI is InChI=1S/C54H75NO15.2C3H8.3C2H6/c1-35-18-15-13-11-9-7-5-6-8-10-12-14-16-21-45(68-4)31-49-51(53(65)66)48(63)34-54(67,70-49)33-44(60)29-43(59)28-42(58)27-40(56)19-17-20-41(57)30-50(64)69-52(35)37(3)26-36(2)46(61)32-47(62)38-22-24-39(55)25-23-38;2*1-3-2;3*1-2/h5-16,18,21-25,35-37,42-46,48-49,51-52,58-61,63,67H,17,19-20,26-34,55H2,1-4H3,(H,65,66);2*3H2,1-2H3;3*1-2H3/b6-5+,9-7+,10-8+,13-11+,14-12+,18-15+,21-16?;;;;;. The fraction of sp³-hybridized carbons (Fsp3) is 0.621. The van der Waals surface area contributed by atoms with E-state index in [2.05, 4.69) is 27.7 Å². The Labute approximate surface area is 493 Å². The summed E-state index contributed by atoms with van der Waals surface area (Å²) in [4.78, 5) is 64.0. The summed E-state index contributed by atoms with van der Waals surface area (Å²) in [7, 11) is 1.42. The zero-order valence-electron chi connectivity index (χ0n) is 52.2. The number of nitrogen functional groups attached to an aromatic ring is 1. The monoisotopic (exact) mass is 1160 g/mol. The second-order valence-corrected chi connectivity index (χ2v) is 20.1. The van der Waals surface area contributed by atoms with Crippen LogP contribution < -0.4 is 5.73 Å². The Morgan fingerprint density at radius 1 is 0.707 bits per heavy atom. The maximum absolute atomic E-state index is 13.2. The first-order chi connectivity index (χ1) is 39.0. The van der Waals surface area contributed by atoms with E-state index in [4.69, 9.17) is 19.9 Å². The second-order valence-electron chi connectivity index (χ2n) is 20.1. The number of ether oxygens (including phenoxy) is 3. The van der Waals surface area contributed by atoms with E-state index in [9.17, 15) is 59.7 Å². The summed E-state index contributed by atoms with van der Waals surface area (Å²) in [5.74, 6) is -7.71. The number of ketones is 3. The molecule has 16 heteroatoms. The highest BCUT2D eigenvalue weighted by Crippen LogP contribution is 2.38. The summed E-state index contributed by atoms with van der Waals surface area (Å²) in [5, 5.41) is 75.2. The number of carbonyl (C=O) groups excluding carboxylic acids is 4. The molecule has 2 aliphatic heterocycles. The van der Waals surface area contributed by atoms with E-state index in [0.717, 1.165) is 0 Å². The van der Waals surface area contributed by atoms with E-state index in [1.165, 1.54) is 20.0 Å². The molecule has 2 aliphatic rings. The SMILES string of the molecule is CC.CC.CC.CCC.CCC.COC1C=C/C=C/C=C/C=C/C=C/C=C/C=C/C(C)C(C(C)CC(C)C(O)CC(=O)c2ccc(N)cc2)OC(=O)CC(=O)CCCC(=O)CC(O)CC(O)CC(O)CC2(O)CC(O)C(C(=O)O)C(C1)O2. The quantitative estimate of drug-likeness (QED) is 0.0494. The number of carboxylic acid groups (broad SMARTS) is 1. The maximum atomic E-state index is 13.2. The number of hydrogen-bond donors (Lipinski definition) is 8. The van der Waals surface area contributed by atoms with Gasteiger partial charge in [0.1, 0.15) is 30.0 Å². The minimum atomic E-state index is -2.17. The Hall–Kier alpha value is -5.17. The number of carbonyl (C=O) groups is 5. The van der Waals surface area contributed by atoms with Crippen LogP contribution in [-0.4, -0.2) is 127 Å². The number of rotatable bonds is 9. The molecule has 0 spiro atoms. The van der Waals surface area contributed by atoms with Gasteiger partial charge in [-0.3, -0.25) is 24.0 Å². The van der Waals surface area contributed by atoms with E-state index in [0.29, 0.717) is 17.7 Å². The van der Waals surface area contributed by atoms with Gasteiger partial charge in [0.25, 0.3) is 0 Å². The summed E-state index contributed by atoms with van der Waals surface area (Å²) in [5.41, 5.74) is 6.70. The van der Waals surface area contributed by atoms with Gasteiger partial charge in [0.15, 0.2) is 11.6 Å². The first-order valence-electron chi connectivity index (χ1n) is 29.9. The van der Waals surface area contributed by atoms with E-state index >= 15 is 0 Å². The number of hydrogen-bond acceptors (Lipinski definition) is 15. The van der Waals surface area contributed by atoms with Crippen LogP contribution in [-0.2, 0) is 33.4 Å². The molecule has 1 fully saturated rings. The highest BCUT2D eigenvalue weighted by molar-refractivity contribution is 5.97. The Morgan fingerprint density at radius 2 is 1.18 bits per heavy atom. The minimum absolute atomic E-state index is 0.0612. The molecule has 1 saturated heterocycles. The molecular formula is C66H109NO15. The predicted octanol–water partition coefficient (Wildman–Crippen LogP) is 11.5. The van der Waals surface area contributed by atoms with Crippen molar-refractivity contribution in [2.75, 3.05) is 12.8 Å². The number of fused-ring (bicyclic) bond motifs is 2. The van der Waals surface area contributed by atoms with Crippen LogP contribution in [0.1, 0.15) is 190 Å². The highest BCUT2D eigenvalue weighted by Gasteiger charge is 2.50. The van der Waals surface area contributed by atoms with Gasteiger partial charge in [-0.15, -0.1) is 0 Å². The lowest BCUT2D eigenvalue weighted by atomic mass is 9.83. The van der Waals surface area contributed by atoms with Crippen LogP contribution >= 0.6 is 0 Å². The van der Waals surface area contributed by atoms with E-state index in [-0.39, 0.29) is 74.9 Å². The number of aliphatic carboxylic acids is 1. The third-order valence-corrected chi connectivity index (χ3v) is 12.5. The number of cyclic esters (lactones) is 1. The maximum Gasteiger partial charge on any atom is 0.313 e. The number of methoxy groups -OCH3 is 1. The number of benzene rings is 1. The van der Waals surface area contributed by atoms with Gasteiger partial charge in [0.05, 0.1) is 42.7 Å². The zero-order chi connectivity index (χ0) is 63.2. The number of esters is 1. The van der Waals surface area contributed by atoms with Crippen LogP contribution in [0.5, 0.6) is 0 Å². The molecule has 468 valence electrons. The highest BCUT2D eigenvalue weighted by atomic mass is 16.6. The molecule has 0 amide bonds. The third kappa shape index (κ3) is 37.1. The van der Waals surface area contributed by atoms with Crippen molar-refractivity contribution >= 4 is 35.0 Å². The lowest BCUT2D eigenvalue weighted by Crippen LogP contribution is -2.56. The lowest BCUT2D eigenvalue weighted by Gasteiger charge is -2.44. The third-order valence-electron chi connectivity index (χ3n) is 12.5. The average Bonchev–Trinajstić information content (AvgIpc) is 3.41. The molecule has 13 unspecified atom stereocenters. The Morgan fingerprint density at radius 3 is 1.68 bits per heavy atom. The normalized spacial score (nSPS) is 28.9. The molecule has 1 aromatic carbocycles. The van der Waals surface area contributed by atoms with Crippen LogP contribution in [0.3, 0.4) is 0 Å². The largest absolute Gasteiger partial charge is 0.481 e. The van der Waals surface area contributed by atoms with Gasteiger partial charge in [-0.25, -0.2) is 0 Å². The van der Waals surface area contributed by atoms with Crippen molar-refractivity contribution in [1.82, 2.24) is 0 Å². The first-order valence-corrected chi connectivity index (χ1v) is 29.9. The number of aliphatic hydroxyl groups excluding tert-OH is 5. The van der Waals surface area contributed by atoms with Gasteiger partial charge >= 0.3 is 11.9 Å². The topological polar surface area (TPSA) is 281 Å². The van der Waals surface area contributed by atoms with Crippen molar-refractivity contribution < 1.29 is 73.9 Å². The number of allylic oxidation sites excluding steroid dienone is 12. The molecule has 0 radical (unpaired) electrons. The molecule has 3 rings (SSSR count). The Balaban J connectivity index is -0.00000481. The Bertz CT molecular complexity index is 2080. The number of Topliss-reactive ketones (excluding diaryl/α,β-unsaturated/α-hetero) is 3.